The van der Waals surface area contributed by atoms with Crippen molar-refractivity contribution < 1.29 is 9.18 Å². The summed E-state index contributed by atoms with van der Waals surface area (Å²) in [6.07, 6.45) is 1.91. The zero-order valence-electron chi connectivity index (χ0n) is 16.0. The summed E-state index contributed by atoms with van der Waals surface area (Å²) in [5.74, 6) is 0.851. The van der Waals surface area contributed by atoms with Crippen molar-refractivity contribution in [3.63, 3.8) is 0 Å². The highest BCUT2D eigenvalue weighted by molar-refractivity contribution is 14.0. The van der Waals surface area contributed by atoms with Gasteiger partial charge in [-0.05, 0) is 30.4 Å². The number of carbonyl (C=O) groups is 1. The molecular weight excluding hydrogens is 446 g/mol. The average Bonchev–Trinajstić information content (AvgIpc) is 3.34. The molecule has 26 heavy (non-hydrogen) atoms. The molecule has 5 nitrogen and oxygen atoms in total. The summed E-state index contributed by atoms with van der Waals surface area (Å²) in [5.41, 5.74) is 0.590. The fourth-order valence-corrected chi connectivity index (χ4v) is 2.60. The number of nitrogens with zero attached hydrogens (tertiary/aromatic N) is 2. The molecule has 0 saturated heterocycles. The van der Waals surface area contributed by atoms with E-state index in [0.717, 1.165) is 24.9 Å². The highest BCUT2D eigenvalue weighted by atomic mass is 127. The molecule has 1 aromatic rings. The molecule has 1 aliphatic carbocycles. The Morgan fingerprint density at radius 2 is 1.92 bits per heavy atom. The van der Waals surface area contributed by atoms with Gasteiger partial charge in [0.15, 0.2) is 5.96 Å². The number of halogens is 2. The van der Waals surface area contributed by atoms with E-state index in [1.54, 1.807) is 20.2 Å². The predicted molar refractivity (Wildman–Crippen MR) is 115 cm³/mol. The van der Waals surface area contributed by atoms with Gasteiger partial charge in [-0.15, -0.1) is 24.0 Å². The lowest BCUT2D eigenvalue weighted by atomic mass is 9.95. The van der Waals surface area contributed by atoms with Crippen LogP contribution < -0.4 is 10.6 Å². The normalized spacial score (nSPS) is 15.2. The third-order valence-electron chi connectivity index (χ3n) is 4.44. The van der Waals surface area contributed by atoms with Crippen molar-refractivity contribution in [2.24, 2.45) is 10.9 Å². The Morgan fingerprint density at radius 3 is 2.46 bits per heavy atom. The summed E-state index contributed by atoms with van der Waals surface area (Å²) in [6, 6.07) is 6.96. The molecule has 0 heterocycles. The van der Waals surface area contributed by atoms with Gasteiger partial charge < -0.3 is 15.5 Å². The predicted octanol–water partition coefficient (Wildman–Crippen LogP) is 2.75. The third kappa shape index (κ3) is 6.41. The number of nitrogens with one attached hydrogen (secondary N) is 2. The van der Waals surface area contributed by atoms with Gasteiger partial charge in [-0.3, -0.25) is 4.79 Å². The summed E-state index contributed by atoms with van der Waals surface area (Å²) in [5, 5.41) is 6.55. The molecule has 0 bridgehead atoms. The quantitative estimate of drug-likeness (QED) is 0.362. The maximum atomic E-state index is 14.1. The van der Waals surface area contributed by atoms with E-state index in [4.69, 9.17) is 0 Å². The van der Waals surface area contributed by atoms with Crippen LogP contribution in [0.3, 0.4) is 0 Å². The van der Waals surface area contributed by atoms with Crippen molar-refractivity contribution in [2.45, 2.75) is 32.1 Å². The number of aliphatic imine (C=N–C) groups is 1. The number of carbonyl (C=O) groups excluding carboxylic acids is 1. The zero-order chi connectivity index (χ0) is 18.4. The lowest BCUT2D eigenvalue weighted by Gasteiger charge is -2.20. The Balaban J connectivity index is 0.00000338. The minimum absolute atomic E-state index is 0. The molecule has 1 saturated carbocycles. The maximum absolute atomic E-state index is 14.1. The Labute approximate surface area is 172 Å². The lowest BCUT2D eigenvalue weighted by molar-refractivity contribution is -0.127. The second-order valence-electron chi connectivity index (χ2n) is 7.34. The average molecular weight is 476 g/mol. The first-order valence-corrected chi connectivity index (χ1v) is 8.81. The number of rotatable bonds is 7. The second-order valence-corrected chi connectivity index (χ2v) is 7.34. The van der Waals surface area contributed by atoms with Crippen LogP contribution in [0, 0.1) is 11.7 Å². The standard InChI is InChI=1S/C19H29FN4O.HI/c1-14(2)11-21-18(22-12-17(25)24(3)4)23-13-19(9-10-19)15-7-5-6-8-16(15)20;/h5-8,14H,9-13H2,1-4H3,(H2,21,22,23);1H. The van der Waals surface area contributed by atoms with Gasteiger partial charge in [0.05, 0.1) is 0 Å². The van der Waals surface area contributed by atoms with E-state index >= 15 is 0 Å². The van der Waals surface area contributed by atoms with E-state index < -0.39 is 0 Å². The fraction of sp³-hybridized carbons (Fsp3) is 0.579. The Morgan fingerprint density at radius 1 is 1.27 bits per heavy atom. The molecule has 1 aliphatic rings. The van der Waals surface area contributed by atoms with E-state index in [2.05, 4.69) is 29.5 Å². The number of benzene rings is 1. The minimum Gasteiger partial charge on any atom is -0.356 e. The van der Waals surface area contributed by atoms with Gasteiger partial charge >= 0.3 is 0 Å². The molecule has 1 fully saturated rings. The number of guanidine groups is 1. The number of likely N-dealkylation sites (N-methyl/N-ethyl adjacent to an activating group) is 1. The minimum atomic E-state index is -0.169. The van der Waals surface area contributed by atoms with E-state index in [1.807, 2.05) is 12.1 Å². The van der Waals surface area contributed by atoms with E-state index in [0.29, 0.717) is 18.4 Å². The number of hydrogen-bond acceptors (Lipinski definition) is 2. The van der Waals surface area contributed by atoms with Crippen molar-refractivity contribution in [2.75, 3.05) is 33.7 Å². The topological polar surface area (TPSA) is 56.7 Å². The van der Waals surface area contributed by atoms with Crippen molar-refractivity contribution in [3.05, 3.63) is 35.6 Å². The van der Waals surface area contributed by atoms with Crippen molar-refractivity contribution in [1.29, 1.82) is 0 Å². The van der Waals surface area contributed by atoms with Gasteiger partial charge in [-0.2, -0.15) is 0 Å². The Kier molecular flexibility index (Phi) is 8.79. The second kappa shape index (κ2) is 10.1. The van der Waals surface area contributed by atoms with Crippen LogP contribution in [-0.2, 0) is 10.2 Å². The largest absolute Gasteiger partial charge is 0.356 e. The molecule has 0 aliphatic heterocycles. The molecular formula is C19H30FIN4O. The monoisotopic (exact) mass is 476 g/mol. The molecule has 146 valence electrons. The Hall–Kier alpha value is -1.38. The highest BCUT2D eigenvalue weighted by Crippen LogP contribution is 2.48. The molecule has 0 unspecified atom stereocenters. The highest BCUT2D eigenvalue weighted by Gasteiger charge is 2.45. The fourth-order valence-electron chi connectivity index (χ4n) is 2.60. The SMILES string of the molecule is CC(C)CNC(=NCC(=O)N(C)C)NCC1(c2ccccc2F)CC1.I. The molecule has 0 spiro atoms. The van der Waals surface area contributed by atoms with Crippen molar-refractivity contribution in [1.82, 2.24) is 15.5 Å². The van der Waals surface area contributed by atoms with Crippen LogP contribution in [0.2, 0.25) is 0 Å². The van der Waals surface area contributed by atoms with Gasteiger partial charge in [-0.25, -0.2) is 9.38 Å². The van der Waals surface area contributed by atoms with Crippen molar-refractivity contribution >= 4 is 35.8 Å². The van der Waals surface area contributed by atoms with Crippen LogP contribution in [0.25, 0.3) is 0 Å². The van der Waals surface area contributed by atoms with Crippen LogP contribution in [0.1, 0.15) is 32.3 Å². The number of amides is 1. The summed E-state index contributed by atoms with van der Waals surface area (Å²) in [4.78, 5) is 17.7. The van der Waals surface area contributed by atoms with E-state index in [-0.39, 0.29) is 47.7 Å². The molecule has 2 rings (SSSR count). The van der Waals surface area contributed by atoms with E-state index in [9.17, 15) is 9.18 Å². The van der Waals surface area contributed by atoms with Gasteiger partial charge in [0.2, 0.25) is 5.91 Å². The summed E-state index contributed by atoms with van der Waals surface area (Å²) < 4.78 is 14.1. The first-order valence-electron chi connectivity index (χ1n) is 8.81. The molecule has 1 amide bonds. The van der Waals surface area contributed by atoms with Crippen LogP contribution in [0.15, 0.2) is 29.3 Å². The van der Waals surface area contributed by atoms with Crippen LogP contribution in [0.5, 0.6) is 0 Å². The summed E-state index contributed by atoms with van der Waals surface area (Å²) in [7, 11) is 3.42. The summed E-state index contributed by atoms with van der Waals surface area (Å²) in [6.45, 7) is 5.67. The number of hydrogen-bond donors (Lipinski definition) is 2. The molecule has 1 aromatic carbocycles. The van der Waals surface area contributed by atoms with Crippen LogP contribution in [-0.4, -0.2) is 50.5 Å². The lowest BCUT2D eigenvalue weighted by Crippen LogP contribution is -2.43. The first kappa shape index (κ1) is 22.7. The van der Waals surface area contributed by atoms with Crippen LogP contribution in [0.4, 0.5) is 4.39 Å². The van der Waals surface area contributed by atoms with Gasteiger partial charge in [0, 0.05) is 32.6 Å². The molecule has 0 radical (unpaired) electrons. The van der Waals surface area contributed by atoms with Gasteiger partial charge in [0.25, 0.3) is 0 Å². The van der Waals surface area contributed by atoms with Crippen molar-refractivity contribution in [3.8, 4) is 0 Å². The molecule has 0 atom stereocenters. The molecule has 2 N–H and O–H groups in total. The molecule has 7 heteroatoms. The van der Waals surface area contributed by atoms with Gasteiger partial charge in [0.1, 0.15) is 12.4 Å². The van der Waals surface area contributed by atoms with Gasteiger partial charge in [-0.1, -0.05) is 32.0 Å². The third-order valence-corrected chi connectivity index (χ3v) is 4.44. The van der Waals surface area contributed by atoms with Crippen LogP contribution >= 0.6 is 24.0 Å². The Bertz CT molecular complexity index is 630. The zero-order valence-corrected chi connectivity index (χ0v) is 18.3. The first-order chi connectivity index (χ1) is 11.8. The smallest absolute Gasteiger partial charge is 0.243 e. The maximum Gasteiger partial charge on any atom is 0.243 e. The van der Waals surface area contributed by atoms with E-state index in [1.165, 1.54) is 11.0 Å². The summed E-state index contributed by atoms with van der Waals surface area (Å²) >= 11 is 0. The molecule has 0 aromatic heterocycles.